The number of nitrogens with two attached hydrogens (primary N) is 1. The molecule has 8 heteroatoms. The molecule has 4 aromatic rings. The fourth-order valence-corrected chi connectivity index (χ4v) is 4.31. The summed E-state index contributed by atoms with van der Waals surface area (Å²) >= 11 is 0. The van der Waals surface area contributed by atoms with E-state index < -0.39 is 46.2 Å². The molecule has 0 spiro atoms. The van der Waals surface area contributed by atoms with Crippen molar-refractivity contribution in [1.29, 1.82) is 0 Å². The molecule has 0 saturated heterocycles. The molecule has 5 rings (SSSR count). The van der Waals surface area contributed by atoms with E-state index >= 15 is 0 Å². The van der Waals surface area contributed by atoms with E-state index in [0.717, 1.165) is 11.6 Å². The van der Waals surface area contributed by atoms with Crippen LogP contribution < -0.4 is 10.5 Å². The summed E-state index contributed by atoms with van der Waals surface area (Å²) in [6, 6.07) is 12.1. The Morgan fingerprint density at radius 2 is 1.79 bits per heavy atom. The van der Waals surface area contributed by atoms with Gasteiger partial charge >= 0.3 is 0 Å². The van der Waals surface area contributed by atoms with Gasteiger partial charge in [0.05, 0.1) is 23.4 Å². The number of fused-ring (bicyclic) bond motifs is 2. The summed E-state index contributed by atoms with van der Waals surface area (Å²) < 4.78 is 63.1. The highest BCUT2D eigenvalue weighted by Gasteiger charge is 2.29. The number of halogens is 4. The highest BCUT2D eigenvalue weighted by Crippen LogP contribution is 2.41. The molecule has 1 aliphatic rings. The van der Waals surface area contributed by atoms with Gasteiger partial charge in [0.2, 0.25) is 0 Å². The van der Waals surface area contributed by atoms with Crippen LogP contribution in [0.4, 0.5) is 17.6 Å². The maximum absolute atomic E-state index is 15.0. The van der Waals surface area contributed by atoms with Gasteiger partial charge in [-0.15, -0.1) is 0 Å². The Hall–Kier alpha value is -3.94. The van der Waals surface area contributed by atoms with E-state index in [1.165, 1.54) is 12.1 Å². The number of hydrogen-bond acceptors (Lipinski definition) is 3. The van der Waals surface area contributed by atoms with Crippen molar-refractivity contribution < 1.29 is 27.1 Å². The van der Waals surface area contributed by atoms with Crippen molar-refractivity contribution in [3.05, 3.63) is 94.7 Å². The number of rotatable bonds is 3. The Bertz CT molecular complexity index is 1440. The summed E-state index contributed by atoms with van der Waals surface area (Å²) in [4.78, 5) is 16.9. The molecule has 1 aromatic heterocycles. The van der Waals surface area contributed by atoms with Crippen molar-refractivity contribution in [3.8, 4) is 16.9 Å². The fourth-order valence-electron chi connectivity index (χ4n) is 4.31. The summed E-state index contributed by atoms with van der Waals surface area (Å²) in [5.74, 6) is -5.36. The van der Waals surface area contributed by atoms with E-state index in [-0.39, 0.29) is 22.2 Å². The van der Waals surface area contributed by atoms with Gasteiger partial charge in [0.1, 0.15) is 17.4 Å². The molecule has 2 N–H and O–H groups in total. The first-order valence-corrected chi connectivity index (χ1v) is 10.1. The minimum absolute atomic E-state index is 0.0390. The van der Waals surface area contributed by atoms with Crippen molar-refractivity contribution in [2.24, 2.45) is 5.73 Å². The van der Waals surface area contributed by atoms with Gasteiger partial charge in [-0.25, -0.2) is 17.6 Å². The normalized spacial score (nSPS) is 15.2. The number of carbonyl (C=O) groups excluding carboxylic acids is 1. The predicted molar refractivity (Wildman–Crippen MR) is 114 cm³/mol. The number of hydrogen-bond donors (Lipinski definition) is 1. The Morgan fingerprint density at radius 3 is 2.58 bits per heavy atom. The van der Waals surface area contributed by atoms with Crippen molar-refractivity contribution >= 4 is 16.8 Å². The third-order valence-electron chi connectivity index (χ3n) is 5.78. The number of carbonyl (C=O) groups is 1. The zero-order valence-electron chi connectivity index (χ0n) is 17.0. The van der Waals surface area contributed by atoms with Gasteiger partial charge in [0, 0.05) is 34.1 Å². The number of para-hydroxylation sites is 1. The number of primary amides is 1. The molecule has 166 valence electrons. The highest BCUT2D eigenvalue weighted by molar-refractivity contribution is 6.01. The van der Waals surface area contributed by atoms with Crippen LogP contribution in [-0.2, 0) is 0 Å². The van der Waals surface area contributed by atoms with Gasteiger partial charge in [0.15, 0.2) is 11.6 Å². The molecule has 1 amide bonds. The average molecular weight is 452 g/mol. The molecule has 1 aliphatic heterocycles. The van der Waals surface area contributed by atoms with Crippen LogP contribution in [0.25, 0.3) is 22.0 Å². The topological polar surface area (TPSA) is 65.2 Å². The average Bonchev–Trinajstić information content (AvgIpc) is 2.80. The summed E-state index contributed by atoms with van der Waals surface area (Å²) in [5.41, 5.74) is 5.73. The van der Waals surface area contributed by atoms with E-state index in [1.54, 1.807) is 12.1 Å². The number of nitrogens with zero attached hydrogens (tertiary/aromatic N) is 1. The monoisotopic (exact) mass is 452 g/mol. The minimum atomic E-state index is -1.45. The first kappa shape index (κ1) is 20.9. The summed E-state index contributed by atoms with van der Waals surface area (Å²) in [6.45, 7) is 0.347. The molecular weight excluding hydrogens is 436 g/mol. The van der Waals surface area contributed by atoms with Gasteiger partial charge < -0.3 is 10.5 Å². The molecule has 4 nitrogen and oxygen atoms in total. The first-order valence-electron chi connectivity index (χ1n) is 10.1. The Labute approximate surface area is 185 Å². The molecule has 0 radical (unpaired) electrons. The zero-order valence-corrected chi connectivity index (χ0v) is 17.0. The van der Waals surface area contributed by atoms with Gasteiger partial charge in [0.25, 0.3) is 5.91 Å². The van der Waals surface area contributed by atoms with E-state index in [0.29, 0.717) is 30.9 Å². The lowest BCUT2D eigenvalue weighted by atomic mass is 9.86. The number of aromatic nitrogens is 1. The van der Waals surface area contributed by atoms with Crippen LogP contribution in [0.3, 0.4) is 0 Å². The van der Waals surface area contributed by atoms with Crippen LogP contribution >= 0.6 is 0 Å². The second kappa shape index (κ2) is 7.88. The number of amides is 1. The maximum Gasteiger partial charge on any atom is 0.250 e. The number of ether oxygens (including phenoxy) is 1. The Kier molecular flexibility index (Phi) is 5.00. The fraction of sp³-hybridized carbons (Fsp3) is 0.120. The molecule has 2 heterocycles. The zero-order chi connectivity index (χ0) is 23.3. The van der Waals surface area contributed by atoms with Crippen molar-refractivity contribution in [2.75, 3.05) is 6.61 Å². The molecule has 0 bridgehead atoms. The van der Waals surface area contributed by atoms with E-state index in [9.17, 15) is 22.4 Å². The predicted octanol–water partition coefficient (Wildman–Crippen LogP) is 5.47. The van der Waals surface area contributed by atoms with Gasteiger partial charge in [-0.3, -0.25) is 9.78 Å². The SMILES string of the molecule is NC(=O)c1cc2ccc(F)c(-c3cc(F)cc(F)c3F)c2nc1[C@H]1CCOc2ccccc21. The molecular formula is C25H16F4N2O2. The second-order valence-electron chi connectivity index (χ2n) is 7.76. The third kappa shape index (κ3) is 3.47. The van der Waals surface area contributed by atoms with E-state index in [1.807, 2.05) is 12.1 Å². The lowest BCUT2D eigenvalue weighted by molar-refractivity contribution is 0.0998. The number of pyridine rings is 1. The minimum Gasteiger partial charge on any atom is -0.493 e. The lowest BCUT2D eigenvalue weighted by Crippen LogP contribution is -2.21. The molecule has 0 fully saturated rings. The summed E-state index contributed by atoms with van der Waals surface area (Å²) in [6.07, 6.45) is 0.462. The molecule has 3 aromatic carbocycles. The smallest absolute Gasteiger partial charge is 0.250 e. The Balaban J connectivity index is 1.83. The highest BCUT2D eigenvalue weighted by atomic mass is 19.2. The van der Waals surface area contributed by atoms with Crippen molar-refractivity contribution in [1.82, 2.24) is 4.98 Å². The molecule has 1 atom stereocenters. The maximum atomic E-state index is 15.0. The summed E-state index contributed by atoms with van der Waals surface area (Å²) in [7, 11) is 0. The van der Waals surface area contributed by atoms with Crippen LogP contribution in [0.1, 0.15) is 34.0 Å². The van der Waals surface area contributed by atoms with Crippen LogP contribution in [0, 0.1) is 23.3 Å². The van der Waals surface area contributed by atoms with E-state index in [2.05, 4.69) is 4.98 Å². The molecule has 0 aliphatic carbocycles. The summed E-state index contributed by atoms with van der Waals surface area (Å²) in [5, 5.41) is 0.272. The van der Waals surface area contributed by atoms with Gasteiger partial charge in [-0.1, -0.05) is 18.2 Å². The molecule has 0 unspecified atom stereocenters. The largest absolute Gasteiger partial charge is 0.493 e. The number of benzene rings is 3. The standard InChI is InChI=1S/C25H16F4N2O2/c26-13-10-16(22(29)19(28)11-13)21-18(27)6-5-12-9-17(25(30)32)24(31-23(12)21)15-7-8-33-20-4-2-1-3-14(15)20/h1-6,9-11,15H,7-8H2,(H2,30,32)/t15-/m0/s1. The van der Waals surface area contributed by atoms with Crippen LogP contribution in [0.2, 0.25) is 0 Å². The van der Waals surface area contributed by atoms with Crippen molar-refractivity contribution in [3.63, 3.8) is 0 Å². The van der Waals surface area contributed by atoms with E-state index in [4.69, 9.17) is 10.5 Å². The van der Waals surface area contributed by atoms with Crippen LogP contribution in [0.15, 0.2) is 54.6 Å². The van der Waals surface area contributed by atoms with Gasteiger partial charge in [-0.2, -0.15) is 0 Å². The second-order valence-corrected chi connectivity index (χ2v) is 7.76. The van der Waals surface area contributed by atoms with Crippen molar-refractivity contribution in [2.45, 2.75) is 12.3 Å². The van der Waals surface area contributed by atoms with Crippen LogP contribution in [0.5, 0.6) is 5.75 Å². The quantitative estimate of drug-likeness (QED) is 0.331. The van der Waals surface area contributed by atoms with Gasteiger partial charge in [-0.05, 0) is 36.8 Å². The van der Waals surface area contributed by atoms with Crippen LogP contribution in [-0.4, -0.2) is 17.5 Å². The first-order chi connectivity index (χ1) is 15.8. The Morgan fingerprint density at radius 1 is 1.00 bits per heavy atom. The molecule has 33 heavy (non-hydrogen) atoms. The molecule has 0 saturated carbocycles. The third-order valence-corrected chi connectivity index (χ3v) is 5.78. The lowest BCUT2D eigenvalue weighted by Gasteiger charge is -2.27.